The quantitative estimate of drug-likeness (QED) is 0.908. The van der Waals surface area contributed by atoms with Crippen molar-refractivity contribution < 1.29 is 4.79 Å². The first-order valence-corrected chi connectivity index (χ1v) is 7.80. The maximum Gasteiger partial charge on any atom is 0.251 e. The van der Waals surface area contributed by atoms with Gasteiger partial charge < -0.3 is 10.6 Å². The Balaban J connectivity index is 1.76. The molecule has 1 amide bonds. The molecule has 1 aromatic heterocycles. The Labute approximate surface area is 123 Å². The Kier molecular flexibility index (Phi) is 3.74. The average molecular weight is 286 g/mol. The number of carbonyl (C=O) groups excluding carboxylic acids is 1. The highest BCUT2D eigenvalue weighted by Crippen LogP contribution is 2.25. The first kappa shape index (κ1) is 13.2. The van der Waals surface area contributed by atoms with Gasteiger partial charge >= 0.3 is 0 Å². The predicted octanol–water partition coefficient (Wildman–Crippen LogP) is 3.34. The Morgan fingerprint density at radius 1 is 1.40 bits per heavy atom. The van der Waals surface area contributed by atoms with Crippen LogP contribution in [0.3, 0.4) is 0 Å². The van der Waals surface area contributed by atoms with Crippen LogP contribution in [0.1, 0.15) is 32.8 Å². The lowest BCUT2D eigenvalue weighted by atomic mass is 9.97. The summed E-state index contributed by atoms with van der Waals surface area (Å²) in [5, 5.41) is 8.46. The summed E-state index contributed by atoms with van der Waals surface area (Å²) >= 11 is 1.69. The van der Waals surface area contributed by atoms with Crippen molar-refractivity contribution in [3.8, 4) is 0 Å². The van der Waals surface area contributed by atoms with Gasteiger partial charge in [-0.3, -0.25) is 4.79 Å². The topological polar surface area (TPSA) is 41.1 Å². The van der Waals surface area contributed by atoms with Crippen LogP contribution >= 0.6 is 11.3 Å². The van der Waals surface area contributed by atoms with Gasteiger partial charge in [0.05, 0.1) is 6.54 Å². The van der Waals surface area contributed by atoms with Gasteiger partial charge in [0.25, 0.3) is 5.91 Å². The molecule has 0 atom stereocenters. The lowest BCUT2D eigenvalue weighted by Gasteiger charge is -2.20. The molecule has 1 aromatic carbocycles. The highest BCUT2D eigenvalue weighted by molar-refractivity contribution is 7.10. The molecule has 0 saturated heterocycles. The van der Waals surface area contributed by atoms with Crippen molar-refractivity contribution in [2.24, 2.45) is 0 Å². The molecule has 0 fully saturated rings. The van der Waals surface area contributed by atoms with Crippen molar-refractivity contribution in [1.82, 2.24) is 5.32 Å². The third-order valence-corrected chi connectivity index (χ3v) is 4.74. The molecule has 2 N–H and O–H groups in total. The van der Waals surface area contributed by atoms with Crippen LogP contribution in [-0.4, -0.2) is 12.5 Å². The van der Waals surface area contributed by atoms with Gasteiger partial charge in [0, 0.05) is 22.7 Å². The first-order valence-electron chi connectivity index (χ1n) is 6.92. The van der Waals surface area contributed by atoms with E-state index in [1.165, 1.54) is 10.4 Å². The molecular weight excluding hydrogens is 268 g/mol. The SMILES string of the molecule is Cc1ccsc1CNC(=O)c1cccc2c1CCCN2. The average Bonchev–Trinajstić information content (AvgIpc) is 2.89. The fourth-order valence-electron chi connectivity index (χ4n) is 2.56. The van der Waals surface area contributed by atoms with E-state index < -0.39 is 0 Å². The number of nitrogens with one attached hydrogen (secondary N) is 2. The summed E-state index contributed by atoms with van der Waals surface area (Å²) in [5.41, 5.74) is 4.31. The number of thiophene rings is 1. The zero-order chi connectivity index (χ0) is 13.9. The minimum Gasteiger partial charge on any atom is -0.385 e. The highest BCUT2D eigenvalue weighted by atomic mass is 32.1. The fraction of sp³-hybridized carbons (Fsp3) is 0.312. The van der Waals surface area contributed by atoms with Crippen LogP contribution in [0, 0.1) is 6.92 Å². The van der Waals surface area contributed by atoms with Crippen LogP contribution in [-0.2, 0) is 13.0 Å². The molecule has 2 aromatic rings. The number of fused-ring (bicyclic) bond motifs is 1. The van der Waals surface area contributed by atoms with Gasteiger partial charge in [0.2, 0.25) is 0 Å². The number of amides is 1. The van der Waals surface area contributed by atoms with Crippen molar-refractivity contribution in [1.29, 1.82) is 0 Å². The number of rotatable bonds is 3. The van der Waals surface area contributed by atoms with Crippen LogP contribution in [0.15, 0.2) is 29.6 Å². The molecule has 1 aliphatic heterocycles. The van der Waals surface area contributed by atoms with Crippen molar-refractivity contribution >= 4 is 22.9 Å². The maximum absolute atomic E-state index is 12.4. The lowest BCUT2D eigenvalue weighted by Crippen LogP contribution is -2.25. The molecule has 0 radical (unpaired) electrons. The van der Waals surface area contributed by atoms with E-state index in [1.54, 1.807) is 11.3 Å². The van der Waals surface area contributed by atoms with E-state index in [1.807, 2.05) is 12.1 Å². The minimum absolute atomic E-state index is 0.0263. The Bertz CT molecular complexity index is 633. The van der Waals surface area contributed by atoms with Gasteiger partial charge in [-0.05, 0) is 54.5 Å². The van der Waals surface area contributed by atoms with E-state index in [2.05, 4.69) is 35.1 Å². The van der Waals surface area contributed by atoms with Gasteiger partial charge in [0.15, 0.2) is 0 Å². The molecule has 0 spiro atoms. The van der Waals surface area contributed by atoms with Gasteiger partial charge in [-0.2, -0.15) is 0 Å². The third-order valence-electron chi connectivity index (χ3n) is 3.72. The molecule has 4 heteroatoms. The highest BCUT2D eigenvalue weighted by Gasteiger charge is 2.17. The molecule has 1 aliphatic rings. The zero-order valence-corrected chi connectivity index (χ0v) is 12.3. The van der Waals surface area contributed by atoms with Crippen LogP contribution in [0.5, 0.6) is 0 Å². The number of carbonyl (C=O) groups is 1. The summed E-state index contributed by atoms with van der Waals surface area (Å²) in [6, 6.07) is 8.00. The van der Waals surface area contributed by atoms with E-state index in [9.17, 15) is 4.79 Å². The molecule has 3 nitrogen and oxygen atoms in total. The normalized spacial score (nSPS) is 13.4. The second-order valence-corrected chi connectivity index (χ2v) is 6.07. The zero-order valence-electron chi connectivity index (χ0n) is 11.5. The minimum atomic E-state index is 0.0263. The molecular formula is C16H18N2OS. The first-order chi connectivity index (χ1) is 9.75. The molecule has 0 bridgehead atoms. The van der Waals surface area contributed by atoms with Gasteiger partial charge in [0.1, 0.15) is 0 Å². The summed E-state index contributed by atoms with van der Waals surface area (Å²) in [6.07, 6.45) is 2.06. The summed E-state index contributed by atoms with van der Waals surface area (Å²) in [7, 11) is 0. The Morgan fingerprint density at radius 2 is 2.30 bits per heavy atom. The summed E-state index contributed by atoms with van der Waals surface area (Å²) < 4.78 is 0. The molecule has 20 heavy (non-hydrogen) atoms. The van der Waals surface area contributed by atoms with Gasteiger partial charge in [-0.25, -0.2) is 0 Å². The van der Waals surface area contributed by atoms with Crippen molar-refractivity contribution in [2.75, 3.05) is 11.9 Å². The molecule has 0 unspecified atom stereocenters. The summed E-state index contributed by atoms with van der Waals surface area (Å²) in [6.45, 7) is 3.68. The van der Waals surface area contributed by atoms with Gasteiger partial charge in [-0.15, -0.1) is 11.3 Å². The fourth-order valence-corrected chi connectivity index (χ4v) is 3.41. The van der Waals surface area contributed by atoms with Crippen LogP contribution < -0.4 is 10.6 Å². The molecule has 104 valence electrons. The van der Waals surface area contributed by atoms with Gasteiger partial charge in [-0.1, -0.05) is 6.07 Å². The second kappa shape index (κ2) is 5.67. The molecule has 3 rings (SSSR count). The molecule has 0 saturated carbocycles. The van der Waals surface area contributed by atoms with E-state index in [0.29, 0.717) is 6.54 Å². The Morgan fingerprint density at radius 3 is 3.10 bits per heavy atom. The van der Waals surface area contributed by atoms with Crippen LogP contribution in [0.4, 0.5) is 5.69 Å². The van der Waals surface area contributed by atoms with Crippen molar-refractivity contribution in [3.05, 3.63) is 51.2 Å². The number of hydrogen-bond acceptors (Lipinski definition) is 3. The van der Waals surface area contributed by atoms with Crippen LogP contribution in [0.25, 0.3) is 0 Å². The van der Waals surface area contributed by atoms with E-state index >= 15 is 0 Å². The number of aryl methyl sites for hydroxylation is 1. The molecule has 2 heterocycles. The van der Waals surface area contributed by atoms with Crippen LogP contribution in [0.2, 0.25) is 0 Å². The van der Waals surface area contributed by atoms with Crippen molar-refractivity contribution in [2.45, 2.75) is 26.3 Å². The summed E-state index contributed by atoms with van der Waals surface area (Å²) in [4.78, 5) is 13.6. The second-order valence-electron chi connectivity index (χ2n) is 5.07. The maximum atomic E-state index is 12.4. The molecule has 0 aliphatic carbocycles. The number of hydrogen-bond donors (Lipinski definition) is 2. The van der Waals surface area contributed by atoms with Crippen molar-refractivity contribution in [3.63, 3.8) is 0 Å². The monoisotopic (exact) mass is 286 g/mol. The summed E-state index contributed by atoms with van der Waals surface area (Å²) in [5.74, 6) is 0.0263. The Hall–Kier alpha value is -1.81. The third kappa shape index (κ3) is 2.56. The lowest BCUT2D eigenvalue weighted by molar-refractivity contribution is 0.0950. The smallest absolute Gasteiger partial charge is 0.251 e. The van der Waals surface area contributed by atoms with E-state index in [4.69, 9.17) is 0 Å². The number of benzene rings is 1. The standard InChI is InChI=1S/C16H18N2OS/c1-11-7-9-20-15(11)10-18-16(19)13-4-2-6-14-12(13)5-3-8-17-14/h2,4,6-7,9,17H,3,5,8,10H2,1H3,(H,18,19). The largest absolute Gasteiger partial charge is 0.385 e. The van der Waals surface area contributed by atoms with E-state index in [0.717, 1.165) is 36.2 Å². The number of anilines is 1. The van der Waals surface area contributed by atoms with E-state index in [-0.39, 0.29) is 5.91 Å². The predicted molar refractivity (Wildman–Crippen MR) is 83.5 cm³/mol.